The van der Waals surface area contributed by atoms with E-state index in [-0.39, 0.29) is 11.9 Å². The molecule has 90 valence electrons. The van der Waals surface area contributed by atoms with E-state index in [1.54, 1.807) is 10.7 Å². The summed E-state index contributed by atoms with van der Waals surface area (Å²) >= 11 is 0. The van der Waals surface area contributed by atoms with Gasteiger partial charge < -0.3 is 5.73 Å². The Hall–Kier alpha value is -1.68. The second kappa shape index (κ2) is 4.30. The third-order valence-corrected chi connectivity index (χ3v) is 2.81. The summed E-state index contributed by atoms with van der Waals surface area (Å²) in [5, 5.41) is 4.27. The molecule has 4 heteroatoms. The molecule has 2 rings (SSSR count). The normalized spacial score (nSPS) is 12.8. The second-order valence-electron chi connectivity index (χ2n) is 4.32. The molecule has 2 N–H and O–H groups in total. The first-order chi connectivity index (χ1) is 7.99. The van der Waals surface area contributed by atoms with E-state index in [0.717, 1.165) is 22.4 Å². The van der Waals surface area contributed by atoms with Crippen LogP contribution >= 0.6 is 0 Å². The number of hydrogen-bond donors (Lipinski definition) is 1. The molecular weight excluding hydrogens is 217 g/mol. The van der Waals surface area contributed by atoms with Gasteiger partial charge in [0.15, 0.2) is 0 Å². The highest BCUT2D eigenvalue weighted by Gasteiger charge is 2.14. The molecule has 3 nitrogen and oxygen atoms in total. The molecule has 1 aromatic carbocycles. The zero-order valence-corrected chi connectivity index (χ0v) is 10.2. The van der Waals surface area contributed by atoms with Crippen LogP contribution in [0, 0.1) is 12.7 Å². The molecular formula is C13H16FN3. The largest absolute Gasteiger partial charge is 0.324 e. The van der Waals surface area contributed by atoms with Gasteiger partial charge in [-0.15, -0.1) is 0 Å². The van der Waals surface area contributed by atoms with Crippen LogP contribution in [-0.4, -0.2) is 9.78 Å². The summed E-state index contributed by atoms with van der Waals surface area (Å²) in [5.41, 5.74) is 9.47. The zero-order valence-electron chi connectivity index (χ0n) is 10.2. The Balaban J connectivity index is 2.65. The number of aryl methyl sites for hydroxylation is 2. The topological polar surface area (TPSA) is 43.8 Å². The third kappa shape index (κ3) is 2.22. The Kier molecular flexibility index (Phi) is 2.98. The van der Waals surface area contributed by atoms with Gasteiger partial charge in [-0.25, -0.2) is 4.39 Å². The van der Waals surface area contributed by atoms with Crippen molar-refractivity contribution in [3.63, 3.8) is 0 Å². The Morgan fingerprint density at radius 1 is 1.35 bits per heavy atom. The van der Waals surface area contributed by atoms with Crippen molar-refractivity contribution in [1.29, 1.82) is 0 Å². The van der Waals surface area contributed by atoms with Crippen molar-refractivity contribution >= 4 is 0 Å². The minimum absolute atomic E-state index is 0.134. The fourth-order valence-electron chi connectivity index (χ4n) is 2.02. The third-order valence-electron chi connectivity index (χ3n) is 2.81. The molecule has 0 aliphatic heterocycles. The Morgan fingerprint density at radius 3 is 2.59 bits per heavy atom. The first kappa shape index (κ1) is 11.8. The lowest BCUT2D eigenvalue weighted by atomic mass is 9.96. The second-order valence-corrected chi connectivity index (χ2v) is 4.32. The van der Waals surface area contributed by atoms with E-state index in [1.807, 2.05) is 27.1 Å². The van der Waals surface area contributed by atoms with E-state index in [9.17, 15) is 4.39 Å². The van der Waals surface area contributed by atoms with Crippen molar-refractivity contribution in [2.45, 2.75) is 19.9 Å². The quantitative estimate of drug-likeness (QED) is 0.866. The molecule has 17 heavy (non-hydrogen) atoms. The monoisotopic (exact) mass is 233 g/mol. The summed E-state index contributed by atoms with van der Waals surface area (Å²) in [4.78, 5) is 0. The Bertz CT molecular complexity index is 544. The van der Waals surface area contributed by atoms with Gasteiger partial charge >= 0.3 is 0 Å². The number of nitrogens with two attached hydrogens (primary N) is 1. The smallest absolute Gasteiger partial charge is 0.123 e. The van der Waals surface area contributed by atoms with Crippen molar-refractivity contribution < 1.29 is 4.39 Å². The highest BCUT2D eigenvalue weighted by Crippen LogP contribution is 2.29. The number of rotatable bonds is 2. The van der Waals surface area contributed by atoms with Crippen LogP contribution in [0.15, 0.2) is 24.4 Å². The van der Waals surface area contributed by atoms with Crippen molar-refractivity contribution in [3.05, 3.63) is 41.5 Å². The SMILES string of the molecule is Cc1nn(C)cc1-c1cc(F)ccc1C(C)N. The molecule has 0 aliphatic rings. The number of nitrogens with zero attached hydrogens (tertiary/aromatic N) is 2. The van der Waals surface area contributed by atoms with Gasteiger partial charge in [-0.3, -0.25) is 4.68 Å². The standard InChI is InChI=1S/C13H16FN3/c1-8(15)11-5-4-10(14)6-12(11)13-7-17(3)16-9(13)2/h4-8H,15H2,1-3H3. The van der Waals surface area contributed by atoms with Crippen LogP contribution in [-0.2, 0) is 7.05 Å². The lowest BCUT2D eigenvalue weighted by molar-refractivity contribution is 0.626. The fourth-order valence-corrected chi connectivity index (χ4v) is 2.02. The van der Waals surface area contributed by atoms with Crippen molar-refractivity contribution in [3.8, 4) is 11.1 Å². The van der Waals surface area contributed by atoms with Crippen molar-refractivity contribution in [2.24, 2.45) is 12.8 Å². The minimum Gasteiger partial charge on any atom is -0.324 e. The lowest BCUT2D eigenvalue weighted by Gasteiger charge is -2.12. The predicted molar refractivity (Wildman–Crippen MR) is 65.9 cm³/mol. The average molecular weight is 233 g/mol. The van der Waals surface area contributed by atoms with E-state index in [1.165, 1.54) is 12.1 Å². The van der Waals surface area contributed by atoms with E-state index < -0.39 is 0 Å². The van der Waals surface area contributed by atoms with Crippen LogP contribution in [0.1, 0.15) is 24.2 Å². The van der Waals surface area contributed by atoms with Crippen LogP contribution in [0.5, 0.6) is 0 Å². The maximum atomic E-state index is 13.4. The van der Waals surface area contributed by atoms with Crippen molar-refractivity contribution in [2.75, 3.05) is 0 Å². The molecule has 0 aliphatic carbocycles. The van der Waals surface area contributed by atoms with Gasteiger partial charge in [0.05, 0.1) is 5.69 Å². The molecule has 1 heterocycles. The van der Waals surface area contributed by atoms with Gasteiger partial charge in [0.1, 0.15) is 5.82 Å². The predicted octanol–water partition coefficient (Wildman–Crippen LogP) is 2.55. The van der Waals surface area contributed by atoms with Crippen LogP contribution < -0.4 is 5.73 Å². The van der Waals surface area contributed by atoms with Gasteiger partial charge in [-0.05, 0) is 37.1 Å². The van der Waals surface area contributed by atoms with Crippen LogP contribution in [0.3, 0.4) is 0 Å². The molecule has 0 radical (unpaired) electrons. The molecule has 2 aromatic rings. The molecule has 1 unspecified atom stereocenters. The van der Waals surface area contributed by atoms with Gasteiger partial charge in [-0.2, -0.15) is 5.10 Å². The fraction of sp³-hybridized carbons (Fsp3) is 0.308. The van der Waals surface area contributed by atoms with Gasteiger partial charge in [0.25, 0.3) is 0 Å². The summed E-state index contributed by atoms with van der Waals surface area (Å²) in [7, 11) is 1.85. The molecule has 1 atom stereocenters. The maximum absolute atomic E-state index is 13.4. The molecule has 1 aromatic heterocycles. The molecule has 0 fully saturated rings. The summed E-state index contributed by atoms with van der Waals surface area (Å²) in [6, 6.07) is 4.56. The first-order valence-corrected chi connectivity index (χ1v) is 5.54. The summed E-state index contributed by atoms with van der Waals surface area (Å²) in [6.07, 6.45) is 1.88. The molecule has 0 spiro atoms. The molecule has 0 saturated carbocycles. The molecule has 0 saturated heterocycles. The van der Waals surface area contributed by atoms with Crippen LogP contribution in [0.2, 0.25) is 0 Å². The highest BCUT2D eigenvalue weighted by atomic mass is 19.1. The highest BCUT2D eigenvalue weighted by molar-refractivity contribution is 5.69. The summed E-state index contributed by atoms with van der Waals surface area (Å²) in [5.74, 6) is -0.257. The number of halogens is 1. The summed E-state index contributed by atoms with van der Waals surface area (Å²) in [6.45, 7) is 3.80. The van der Waals surface area contributed by atoms with Gasteiger partial charge in [0.2, 0.25) is 0 Å². The van der Waals surface area contributed by atoms with E-state index >= 15 is 0 Å². The number of hydrogen-bond acceptors (Lipinski definition) is 2. The molecule has 0 amide bonds. The summed E-state index contributed by atoms with van der Waals surface area (Å²) < 4.78 is 15.1. The molecule has 0 bridgehead atoms. The van der Waals surface area contributed by atoms with E-state index in [2.05, 4.69) is 5.10 Å². The van der Waals surface area contributed by atoms with E-state index in [0.29, 0.717) is 0 Å². The Labute approximate surface area is 100 Å². The maximum Gasteiger partial charge on any atom is 0.123 e. The van der Waals surface area contributed by atoms with Crippen LogP contribution in [0.25, 0.3) is 11.1 Å². The number of benzene rings is 1. The first-order valence-electron chi connectivity index (χ1n) is 5.54. The van der Waals surface area contributed by atoms with Gasteiger partial charge in [-0.1, -0.05) is 6.07 Å². The average Bonchev–Trinajstić information content (AvgIpc) is 2.57. The van der Waals surface area contributed by atoms with Gasteiger partial charge in [0, 0.05) is 24.8 Å². The van der Waals surface area contributed by atoms with Crippen molar-refractivity contribution in [1.82, 2.24) is 9.78 Å². The zero-order chi connectivity index (χ0) is 12.6. The minimum atomic E-state index is -0.257. The Morgan fingerprint density at radius 2 is 2.06 bits per heavy atom. The van der Waals surface area contributed by atoms with E-state index in [4.69, 9.17) is 5.73 Å². The number of aromatic nitrogens is 2. The van der Waals surface area contributed by atoms with Crippen LogP contribution in [0.4, 0.5) is 4.39 Å². The lowest BCUT2D eigenvalue weighted by Crippen LogP contribution is -2.07.